The van der Waals surface area contributed by atoms with Gasteiger partial charge < -0.3 is 19.3 Å². The summed E-state index contributed by atoms with van der Waals surface area (Å²) in [5.41, 5.74) is 15.4. The number of rotatable bonds is 9. The number of benzene rings is 10. The summed E-state index contributed by atoms with van der Waals surface area (Å²) in [4.78, 5) is 7.38. The molecule has 3 aliphatic rings. The molecule has 2 heterocycles. The van der Waals surface area contributed by atoms with Gasteiger partial charge in [0, 0.05) is 72.6 Å². The van der Waals surface area contributed by atoms with Crippen molar-refractivity contribution in [2.24, 2.45) is 0 Å². The van der Waals surface area contributed by atoms with Gasteiger partial charge in [-0.3, -0.25) is 0 Å². The highest BCUT2D eigenvalue weighted by Gasteiger charge is 2.38. The second kappa shape index (κ2) is 17.4. The maximum Gasteiger partial charge on any atom is 0.0629 e. The highest BCUT2D eigenvalue weighted by Crippen LogP contribution is 2.51. The molecule has 1 aromatic heterocycles. The van der Waals surface area contributed by atoms with Crippen LogP contribution in [0.25, 0.3) is 54.5 Å². The Bertz CT molecular complexity index is 3980. The van der Waals surface area contributed by atoms with Crippen molar-refractivity contribution in [3.05, 3.63) is 279 Å². The third-order valence-corrected chi connectivity index (χ3v) is 15.2. The summed E-state index contributed by atoms with van der Waals surface area (Å²) in [6, 6.07) is 83.2. The molecular weight excluding hydrogens is 873 g/mol. The number of para-hydroxylation sites is 2. The molecule has 0 N–H and O–H groups in total. The van der Waals surface area contributed by atoms with Crippen LogP contribution >= 0.6 is 0 Å². The molecule has 4 heteroatoms. The van der Waals surface area contributed by atoms with E-state index in [1.165, 1.54) is 60.3 Å². The molecule has 4 nitrogen and oxygen atoms in total. The fourth-order valence-corrected chi connectivity index (χ4v) is 11.9. The average Bonchev–Trinajstić information content (AvgIpc) is 3.96. The number of hydrogen-bond acceptors (Lipinski definition) is 3. The molecule has 0 saturated carbocycles. The van der Waals surface area contributed by atoms with Crippen LogP contribution in [0.3, 0.4) is 0 Å². The molecule has 14 rings (SSSR count). The predicted molar refractivity (Wildman–Crippen MR) is 305 cm³/mol. The Balaban J connectivity index is 0.850. The van der Waals surface area contributed by atoms with Gasteiger partial charge in [-0.15, -0.1) is 0 Å². The maximum absolute atomic E-state index is 2.52. The Labute approximate surface area is 420 Å². The predicted octanol–water partition coefficient (Wildman–Crippen LogP) is 18.5. The van der Waals surface area contributed by atoms with Crippen molar-refractivity contribution in [3.63, 3.8) is 0 Å². The second-order valence-electron chi connectivity index (χ2n) is 19.2. The number of aromatic nitrogens is 1. The zero-order valence-electron chi connectivity index (χ0n) is 39.7. The van der Waals surface area contributed by atoms with E-state index in [-0.39, 0.29) is 18.0 Å². The topological polar surface area (TPSA) is 14.7 Å². The maximum atomic E-state index is 2.52. The van der Waals surface area contributed by atoms with Crippen LogP contribution in [0.5, 0.6) is 0 Å². The first-order valence-corrected chi connectivity index (χ1v) is 25.2. The summed E-state index contributed by atoms with van der Waals surface area (Å²) in [5, 5.41) is 7.38. The lowest BCUT2D eigenvalue weighted by molar-refractivity contribution is 0.648. The lowest BCUT2D eigenvalue weighted by atomic mass is 9.91. The Morgan fingerprint density at radius 1 is 0.389 bits per heavy atom. The number of anilines is 8. The summed E-state index contributed by atoms with van der Waals surface area (Å²) < 4.78 is 2.52. The van der Waals surface area contributed by atoms with Crippen molar-refractivity contribution in [2.75, 3.05) is 14.7 Å². The third-order valence-electron chi connectivity index (χ3n) is 15.2. The molecule has 10 aromatic carbocycles. The fourth-order valence-electron chi connectivity index (χ4n) is 11.9. The summed E-state index contributed by atoms with van der Waals surface area (Å²) >= 11 is 0. The number of hydrogen-bond donors (Lipinski definition) is 0. The molecule has 1 aliphatic heterocycles. The van der Waals surface area contributed by atoms with Crippen LogP contribution in [0.4, 0.5) is 45.5 Å². The minimum atomic E-state index is 0.220. The van der Waals surface area contributed by atoms with Gasteiger partial charge in [0.25, 0.3) is 0 Å². The number of nitrogens with zero attached hydrogens (tertiary/aromatic N) is 4. The van der Waals surface area contributed by atoms with E-state index in [2.05, 4.69) is 292 Å². The molecule has 11 aromatic rings. The highest BCUT2D eigenvalue weighted by molar-refractivity contribution is 6.10. The van der Waals surface area contributed by atoms with Crippen molar-refractivity contribution in [2.45, 2.75) is 24.4 Å². The van der Waals surface area contributed by atoms with E-state index >= 15 is 0 Å². The zero-order valence-corrected chi connectivity index (χ0v) is 39.7. The number of fused-ring (bicyclic) bond motifs is 8. The van der Waals surface area contributed by atoms with Crippen molar-refractivity contribution in [1.29, 1.82) is 0 Å². The van der Waals surface area contributed by atoms with E-state index in [1.54, 1.807) is 0 Å². The quantitative estimate of drug-likeness (QED) is 0.143. The van der Waals surface area contributed by atoms with E-state index < -0.39 is 0 Å². The largest absolute Gasteiger partial charge is 0.333 e. The van der Waals surface area contributed by atoms with E-state index in [9.17, 15) is 0 Å². The summed E-state index contributed by atoms with van der Waals surface area (Å²) in [5.74, 6) is 0.243. The molecular formula is C68H50N4. The van der Waals surface area contributed by atoms with E-state index in [0.717, 1.165) is 51.7 Å². The van der Waals surface area contributed by atoms with Gasteiger partial charge in [0.15, 0.2) is 0 Å². The van der Waals surface area contributed by atoms with Gasteiger partial charge in [-0.05, 0) is 125 Å². The third kappa shape index (κ3) is 6.98. The first-order chi connectivity index (χ1) is 35.7. The Hall–Kier alpha value is -9.12. The Kier molecular flexibility index (Phi) is 10.1. The normalized spacial score (nSPS) is 16.7. The van der Waals surface area contributed by atoms with Gasteiger partial charge in [0.05, 0.1) is 23.5 Å². The molecule has 0 radical (unpaired) electrons. The Morgan fingerprint density at radius 3 is 1.60 bits per heavy atom. The van der Waals surface area contributed by atoms with Gasteiger partial charge >= 0.3 is 0 Å². The molecule has 0 fully saturated rings. The monoisotopic (exact) mass is 922 g/mol. The van der Waals surface area contributed by atoms with Gasteiger partial charge in [-0.25, -0.2) is 0 Å². The molecule has 342 valence electrons. The van der Waals surface area contributed by atoms with Gasteiger partial charge in [-0.1, -0.05) is 182 Å². The molecule has 0 amide bonds. The molecule has 0 bridgehead atoms. The van der Waals surface area contributed by atoms with Crippen LogP contribution < -0.4 is 14.7 Å². The van der Waals surface area contributed by atoms with Crippen LogP contribution in [0, 0.1) is 0 Å². The van der Waals surface area contributed by atoms with Crippen molar-refractivity contribution >= 4 is 88.8 Å². The SMILES string of the molecule is C1=CCC(n2c3ccccc3c3cc(N(c4ccc(-c5ccc(N(c6ccc7c(c6)C6C=CC=CC6N7c6ccccc6)c6cccc7ccccc67)cc5)cc4)c4cccc5ccccc45)ccc32)C=C1. The van der Waals surface area contributed by atoms with E-state index in [0.29, 0.717) is 0 Å². The van der Waals surface area contributed by atoms with E-state index in [1.807, 2.05) is 0 Å². The standard InChI is InChI=1S/C68H50N4/c1-3-21-51(22-4-1)71-65-29-13-11-27-59(65)61-45-55(41-43-67(61)71)69(63-31-15-19-49-17-7-9-25-57(49)63)53-37-33-47(34-38-53)48-35-39-54(40-36-48)70(64-32-16-20-50-18-8-10-26-58(50)64)56-42-44-68-62(46-56)60-28-12-14-30-66(60)72(68)52-23-5-2-6-24-52/h1-23,25-46,52,59,65H,24H2. The zero-order chi connectivity index (χ0) is 47.5. The molecule has 72 heavy (non-hydrogen) atoms. The smallest absolute Gasteiger partial charge is 0.0629 e. The van der Waals surface area contributed by atoms with Crippen molar-refractivity contribution in [1.82, 2.24) is 4.57 Å². The van der Waals surface area contributed by atoms with Gasteiger partial charge in [0.2, 0.25) is 0 Å². The summed E-state index contributed by atoms with van der Waals surface area (Å²) in [6.45, 7) is 0. The van der Waals surface area contributed by atoms with E-state index in [4.69, 9.17) is 0 Å². The number of allylic oxidation sites excluding steroid dienone is 6. The highest BCUT2D eigenvalue weighted by atomic mass is 15.2. The average molecular weight is 923 g/mol. The van der Waals surface area contributed by atoms with Crippen molar-refractivity contribution < 1.29 is 0 Å². The summed E-state index contributed by atoms with van der Waals surface area (Å²) in [7, 11) is 0. The molecule has 0 saturated heterocycles. The van der Waals surface area contributed by atoms with Gasteiger partial charge in [-0.2, -0.15) is 0 Å². The van der Waals surface area contributed by atoms with Crippen LogP contribution in [0.1, 0.15) is 23.9 Å². The van der Waals surface area contributed by atoms with Crippen molar-refractivity contribution in [3.8, 4) is 11.1 Å². The Morgan fingerprint density at radius 2 is 0.931 bits per heavy atom. The molecule has 0 spiro atoms. The fraction of sp³-hybridized carbons (Fsp3) is 0.0588. The van der Waals surface area contributed by atoms with Crippen LogP contribution in [-0.4, -0.2) is 10.6 Å². The minimum Gasteiger partial charge on any atom is -0.333 e. The second-order valence-corrected chi connectivity index (χ2v) is 19.2. The van der Waals surface area contributed by atoms with Crippen LogP contribution in [0.15, 0.2) is 273 Å². The lowest BCUT2D eigenvalue weighted by Gasteiger charge is -2.29. The van der Waals surface area contributed by atoms with Crippen LogP contribution in [0.2, 0.25) is 0 Å². The van der Waals surface area contributed by atoms with Crippen LogP contribution in [-0.2, 0) is 0 Å². The summed E-state index contributed by atoms with van der Waals surface area (Å²) in [6.07, 6.45) is 19.0. The first-order valence-electron chi connectivity index (χ1n) is 25.2. The minimum absolute atomic E-state index is 0.220. The van der Waals surface area contributed by atoms with Gasteiger partial charge in [0.1, 0.15) is 0 Å². The first kappa shape index (κ1) is 41.8. The molecule has 2 aliphatic carbocycles. The lowest BCUT2D eigenvalue weighted by Crippen LogP contribution is -2.28. The molecule has 3 unspecified atom stereocenters. The molecule has 3 atom stereocenters.